The lowest BCUT2D eigenvalue weighted by atomic mass is 9.94. The molecule has 3 heterocycles. The average Bonchev–Trinajstić information content (AvgIpc) is 2.92. The van der Waals surface area contributed by atoms with Crippen molar-refractivity contribution < 1.29 is 8.42 Å². The summed E-state index contributed by atoms with van der Waals surface area (Å²) in [5.74, 6) is 0.0575. The van der Waals surface area contributed by atoms with E-state index in [0.717, 1.165) is 29.9 Å². The fourth-order valence-corrected chi connectivity index (χ4v) is 3.81. The maximum absolute atomic E-state index is 11.8. The molecule has 0 aliphatic carbocycles. The Bertz CT molecular complexity index is 771. The third-order valence-electron chi connectivity index (χ3n) is 4.03. The van der Waals surface area contributed by atoms with Gasteiger partial charge in [0.2, 0.25) is 10.0 Å². The van der Waals surface area contributed by atoms with Crippen molar-refractivity contribution in [3.63, 3.8) is 0 Å². The molecule has 7 nitrogen and oxygen atoms in total. The lowest BCUT2D eigenvalue weighted by molar-refractivity contribution is 0.314. The van der Waals surface area contributed by atoms with Gasteiger partial charge in [0, 0.05) is 38.4 Å². The minimum atomic E-state index is -3.17. The maximum Gasteiger partial charge on any atom is 0.211 e. The highest BCUT2D eigenvalue weighted by atomic mass is 32.2. The molecule has 0 aromatic carbocycles. The zero-order valence-corrected chi connectivity index (χ0v) is 13.5. The normalized spacial score (nSPS) is 20.2. The highest BCUT2D eigenvalue weighted by Crippen LogP contribution is 2.32. The zero-order chi connectivity index (χ0) is 15.7. The van der Waals surface area contributed by atoms with Gasteiger partial charge in [0.25, 0.3) is 0 Å². The minimum absolute atomic E-state index is 0.0575. The molecule has 8 heteroatoms. The average molecular weight is 321 g/mol. The zero-order valence-electron chi connectivity index (χ0n) is 12.7. The summed E-state index contributed by atoms with van der Waals surface area (Å²) in [5.41, 5.74) is 2.52. The third kappa shape index (κ3) is 2.89. The Kier molecular flexibility index (Phi) is 3.96. The number of imidazole rings is 1. The predicted octanol–water partition coefficient (Wildman–Crippen LogP) is 1.02. The van der Waals surface area contributed by atoms with Crippen LogP contribution in [0.4, 0.5) is 0 Å². The van der Waals surface area contributed by atoms with Crippen LogP contribution < -0.4 is 0 Å². The molecule has 1 atom stereocenters. The van der Waals surface area contributed by atoms with Gasteiger partial charge in [-0.3, -0.25) is 9.97 Å². The Labute approximate surface area is 130 Å². The second-order valence-electron chi connectivity index (χ2n) is 5.64. The molecule has 0 spiro atoms. The molecule has 118 valence electrons. The summed E-state index contributed by atoms with van der Waals surface area (Å²) in [5, 5.41) is 0. The first-order chi connectivity index (χ1) is 10.5. The van der Waals surface area contributed by atoms with Crippen molar-refractivity contribution in [1.29, 1.82) is 0 Å². The van der Waals surface area contributed by atoms with E-state index in [-0.39, 0.29) is 5.92 Å². The smallest absolute Gasteiger partial charge is 0.211 e. The standard InChI is InChI=1S/C14H19N5O2S/c1-18-10-15-8-12(18)14-13(16-5-6-17-14)11-4-3-7-19(9-11)22(2,20)21/h5-6,8,10-11H,3-4,7,9H2,1-2H3/t11-/m1/s1. The lowest BCUT2D eigenvalue weighted by Gasteiger charge is -2.31. The molecule has 1 saturated heterocycles. The Balaban J connectivity index is 1.97. The van der Waals surface area contributed by atoms with Gasteiger partial charge < -0.3 is 4.57 Å². The second kappa shape index (κ2) is 5.77. The molecular formula is C14H19N5O2S. The molecule has 1 fully saturated rings. The predicted molar refractivity (Wildman–Crippen MR) is 82.6 cm³/mol. The lowest BCUT2D eigenvalue weighted by Crippen LogP contribution is -2.38. The van der Waals surface area contributed by atoms with Gasteiger partial charge in [0.05, 0.1) is 30.2 Å². The van der Waals surface area contributed by atoms with Crippen LogP contribution in [0.1, 0.15) is 24.5 Å². The van der Waals surface area contributed by atoms with E-state index >= 15 is 0 Å². The molecular weight excluding hydrogens is 302 g/mol. The van der Waals surface area contributed by atoms with Crippen molar-refractivity contribution in [2.24, 2.45) is 7.05 Å². The molecule has 0 bridgehead atoms. The summed E-state index contributed by atoms with van der Waals surface area (Å²) in [6.07, 6.45) is 9.79. The largest absolute Gasteiger partial charge is 0.332 e. The Morgan fingerprint density at radius 2 is 2.05 bits per heavy atom. The molecule has 0 unspecified atom stereocenters. The molecule has 22 heavy (non-hydrogen) atoms. The summed E-state index contributed by atoms with van der Waals surface area (Å²) in [6, 6.07) is 0. The van der Waals surface area contributed by atoms with Crippen LogP contribution in [0.15, 0.2) is 24.9 Å². The van der Waals surface area contributed by atoms with E-state index in [1.165, 1.54) is 10.6 Å². The van der Waals surface area contributed by atoms with Gasteiger partial charge in [0.15, 0.2) is 0 Å². The molecule has 1 aliphatic rings. The molecule has 2 aromatic rings. The molecule has 3 rings (SSSR count). The van der Waals surface area contributed by atoms with Gasteiger partial charge >= 0.3 is 0 Å². The summed E-state index contributed by atoms with van der Waals surface area (Å²) in [7, 11) is -1.27. The number of hydrogen-bond donors (Lipinski definition) is 0. The summed E-state index contributed by atoms with van der Waals surface area (Å²) < 4.78 is 27.0. The van der Waals surface area contributed by atoms with Crippen molar-refractivity contribution in [2.75, 3.05) is 19.3 Å². The van der Waals surface area contributed by atoms with Crippen LogP contribution in [0, 0.1) is 0 Å². The number of piperidine rings is 1. The van der Waals surface area contributed by atoms with Crippen LogP contribution in [0.5, 0.6) is 0 Å². The van der Waals surface area contributed by atoms with Gasteiger partial charge in [-0.25, -0.2) is 17.7 Å². The van der Waals surface area contributed by atoms with Crippen molar-refractivity contribution in [2.45, 2.75) is 18.8 Å². The fourth-order valence-electron chi connectivity index (χ4n) is 2.90. The monoisotopic (exact) mass is 321 g/mol. The van der Waals surface area contributed by atoms with E-state index in [1.807, 2.05) is 11.6 Å². The molecule has 0 saturated carbocycles. The third-order valence-corrected chi connectivity index (χ3v) is 5.30. The number of hydrogen-bond acceptors (Lipinski definition) is 5. The number of rotatable bonds is 3. The first-order valence-corrected chi connectivity index (χ1v) is 9.04. The van der Waals surface area contributed by atoms with Gasteiger partial charge in [0.1, 0.15) is 5.69 Å². The molecule has 2 aromatic heterocycles. The Hall–Kier alpha value is -1.80. The number of nitrogens with zero attached hydrogens (tertiary/aromatic N) is 5. The van der Waals surface area contributed by atoms with E-state index in [4.69, 9.17) is 0 Å². The quantitative estimate of drug-likeness (QED) is 0.843. The van der Waals surface area contributed by atoms with E-state index in [2.05, 4.69) is 15.0 Å². The molecule has 0 amide bonds. The van der Waals surface area contributed by atoms with Crippen LogP contribution in [0.2, 0.25) is 0 Å². The van der Waals surface area contributed by atoms with Crippen molar-refractivity contribution in [3.05, 3.63) is 30.6 Å². The number of aryl methyl sites for hydroxylation is 1. The number of sulfonamides is 1. The van der Waals surface area contributed by atoms with Crippen LogP contribution in [0.25, 0.3) is 11.4 Å². The second-order valence-corrected chi connectivity index (χ2v) is 7.62. The molecule has 1 aliphatic heterocycles. The van der Waals surface area contributed by atoms with E-state index in [9.17, 15) is 8.42 Å². The van der Waals surface area contributed by atoms with Crippen molar-refractivity contribution in [1.82, 2.24) is 23.8 Å². The Morgan fingerprint density at radius 1 is 1.27 bits per heavy atom. The first-order valence-electron chi connectivity index (χ1n) is 7.19. The Morgan fingerprint density at radius 3 is 2.73 bits per heavy atom. The first kappa shape index (κ1) is 15.1. The molecule has 0 N–H and O–H groups in total. The topological polar surface area (TPSA) is 81.0 Å². The van der Waals surface area contributed by atoms with Crippen molar-refractivity contribution in [3.8, 4) is 11.4 Å². The summed E-state index contributed by atoms with van der Waals surface area (Å²) in [4.78, 5) is 13.1. The van der Waals surface area contributed by atoms with Gasteiger partial charge in [-0.05, 0) is 12.8 Å². The summed E-state index contributed by atoms with van der Waals surface area (Å²) >= 11 is 0. The van der Waals surface area contributed by atoms with Gasteiger partial charge in [-0.15, -0.1) is 0 Å². The van der Waals surface area contributed by atoms with Crippen LogP contribution in [-0.4, -0.2) is 51.6 Å². The SMILES string of the molecule is Cn1cncc1-c1nccnc1[C@@H]1CCCN(S(C)(=O)=O)C1. The maximum atomic E-state index is 11.8. The van der Waals surface area contributed by atoms with Crippen LogP contribution in [-0.2, 0) is 17.1 Å². The van der Waals surface area contributed by atoms with Crippen LogP contribution >= 0.6 is 0 Å². The van der Waals surface area contributed by atoms with Gasteiger partial charge in [-0.1, -0.05) is 0 Å². The highest BCUT2D eigenvalue weighted by molar-refractivity contribution is 7.88. The highest BCUT2D eigenvalue weighted by Gasteiger charge is 2.29. The number of aromatic nitrogens is 4. The van der Waals surface area contributed by atoms with E-state index in [0.29, 0.717) is 13.1 Å². The van der Waals surface area contributed by atoms with Crippen LogP contribution in [0.3, 0.4) is 0 Å². The van der Waals surface area contributed by atoms with Crippen molar-refractivity contribution >= 4 is 10.0 Å². The summed E-state index contributed by atoms with van der Waals surface area (Å²) in [6.45, 7) is 1.04. The van der Waals surface area contributed by atoms with E-state index in [1.54, 1.807) is 24.9 Å². The fraction of sp³-hybridized carbons (Fsp3) is 0.500. The molecule has 0 radical (unpaired) electrons. The minimum Gasteiger partial charge on any atom is -0.332 e. The van der Waals surface area contributed by atoms with Gasteiger partial charge in [-0.2, -0.15) is 0 Å². The van der Waals surface area contributed by atoms with E-state index < -0.39 is 10.0 Å².